The van der Waals surface area contributed by atoms with Gasteiger partial charge in [0, 0.05) is 36.0 Å². The van der Waals surface area contributed by atoms with Crippen molar-refractivity contribution in [1.82, 2.24) is 4.90 Å². The van der Waals surface area contributed by atoms with Gasteiger partial charge >= 0.3 is 0 Å². The second-order valence-electron chi connectivity index (χ2n) is 5.67. The maximum Gasteiger partial charge on any atom is 0.264 e. The predicted molar refractivity (Wildman–Crippen MR) is 93.3 cm³/mol. The van der Waals surface area contributed by atoms with Crippen LogP contribution in [0.25, 0.3) is 0 Å². The molecule has 1 fully saturated rings. The number of halogens is 1. The highest BCUT2D eigenvalue weighted by atomic mass is 35.5. The Labute approximate surface area is 148 Å². The maximum atomic E-state index is 12.4. The Morgan fingerprint density at radius 2 is 1.92 bits per heavy atom. The van der Waals surface area contributed by atoms with Gasteiger partial charge in [-0.2, -0.15) is 8.42 Å². The third kappa shape index (κ3) is 6.16. The van der Waals surface area contributed by atoms with Gasteiger partial charge in [-0.25, -0.2) is 0 Å². The van der Waals surface area contributed by atoms with Crippen LogP contribution in [0.2, 0.25) is 5.02 Å². The number of hydrogen-bond donors (Lipinski definition) is 0. The van der Waals surface area contributed by atoms with Gasteiger partial charge in [0.1, 0.15) is 0 Å². The van der Waals surface area contributed by atoms with E-state index in [1.165, 1.54) is 0 Å². The zero-order valence-electron chi connectivity index (χ0n) is 13.5. The smallest absolute Gasteiger partial charge is 0.264 e. The van der Waals surface area contributed by atoms with Crippen LogP contribution in [0, 0.1) is 17.8 Å². The van der Waals surface area contributed by atoms with Gasteiger partial charge in [0.25, 0.3) is 16.0 Å². The van der Waals surface area contributed by atoms with E-state index in [1.807, 2.05) is 4.90 Å². The van der Waals surface area contributed by atoms with Crippen LogP contribution in [0.5, 0.6) is 0 Å². The highest BCUT2D eigenvalue weighted by Crippen LogP contribution is 2.19. The third-order valence-corrected chi connectivity index (χ3v) is 4.55. The normalized spacial score (nSPS) is 15.7. The van der Waals surface area contributed by atoms with Gasteiger partial charge in [0.05, 0.1) is 12.9 Å². The largest absolute Gasteiger partial charge is 0.339 e. The van der Waals surface area contributed by atoms with Crippen LogP contribution in [0.4, 0.5) is 0 Å². The summed E-state index contributed by atoms with van der Waals surface area (Å²) in [7, 11) is -3.40. The van der Waals surface area contributed by atoms with Crippen molar-refractivity contribution in [2.45, 2.75) is 19.3 Å². The van der Waals surface area contributed by atoms with E-state index < -0.39 is 10.1 Å². The molecule has 0 aliphatic carbocycles. The Kier molecular flexibility index (Phi) is 6.67. The standard InChI is InChI=1S/C17H20ClNO4S/c1-24(21,22)23-13-3-2-4-14-9-11-19(12-10-14)17(20)15-5-7-16(18)8-6-15/h5-8,14H,3,9-13H2,1H3. The van der Waals surface area contributed by atoms with Gasteiger partial charge in [-0.15, -0.1) is 5.92 Å². The second kappa shape index (κ2) is 8.52. The third-order valence-electron chi connectivity index (χ3n) is 3.70. The first-order valence-corrected chi connectivity index (χ1v) is 9.92. The fourth-order valence-electron chi connectivity index (χ4n) is 2.46. The molecule has 2 rings (SSSR count). The average molecular weight is 370 g/mol. The minimum absolute atomic E-state index is 0.0135. The van der Waals surface area contributed by atoms with Crippen molar-refractivity contribution < 1.29 is 17.4 Å². The zero-order valence-corrected chi connectivity index (χ0v) is 15.1. The number of rotatable bonds is 4. The van der Waals surface area contributed by atoms with Crippen LogP contribution in [0.3, 0.4) is 0 Å². The quantitative estimate of drug-likeness (QED) is 0.465. The molecule has 1 saturated heterocycles. The van der Waals surface area contributed by atoms with Gasteiger partial charge in [-0.05, 0) is 37.1 Å². The number of carbonyl (C=O) groups is 1. The topological polar surface area (TPSA) is 63.7 Å². The summed E-state index contributed by atoms with van der Waals surface area (Å²) in [5.41, 5.74) is 0.641. The number of likely N-dealkylation sites (tertiary alicyclic amines) is 1. The number of nitrogens with zero attached hydrogens (tertiary/aromatic N) is 1. The molecule has 0 atom stereocenters. The van der Waals surface area contributed by atoms with Crippen molar-refractivity contribution >= 4 is 27.6 Å². The molecule has 1 aromatic carbocycles. The number of carbonyl (C=O) groups excluding carboxylic acids is 1. The van der Waals surface area contributed by atoms with Crippen LogP contribution in [-0.4, -0.2) is 45.2 Å². The number of hydrogen-bond acceptors (Lipinski definition) is 4. The van der Waals surface area contributed by atoms with Crippen molar-refractivity contribution in [2.24, 2.45) is 5.92 Å². The first kappa shape index (κ1) is 18.8. The van der Waals surface area contributed by atoms with E-state index in [9.17, 15) is 13.2 Å². The van der Waals surface area contributed by atoms with Crippen LogP contribution in [0.15, 0.2) is 24.3 Å². The summed E-state index contributed by atoms with van der Waals surface area (Å²) in [6, 6.07) is 6.90. The lowest BCUT2D eigenvalue weighted by Gasteiger charge is -2.30. The molecule has 130 valence electrons. The summed E-state index contributed by atoms with van der Waals surface area (Å²) in [5, 5.41) is 0.611. The number of amides is 1. The van der Waals surface area contributed by atoms with E-state index >= 15 is 0 Å². The lowest BCUT2D eigenvalue weighted by molar-refractivity contribution is 0.0708. The number of piperidine rings is 1. The molecule has 1 heterocycles. The van der Waals surface area contributed by atoms with Crippen LogP contribution < -0.4 is 0 Å². The summed E-state index contributed by atoms with van der Waals surface area (Å²) in [6.45, 7) is 1.42. The lowest BCUT2D eigenvalue weighted by atomic mass is 9.97. The Morgan fingerprint density at radius 1 is 1.29 bits per heavy atom. The molecule has 0 aromatic heterocycles. The number of benzene rings is 1. The maximum absolute atomic E-state index is 12.4. The minimum atomic E-state index is -3.40. The summed E-state index contributed by atoms with van der Waals surface area (Å²) in [5.74, 6) is 6.33. The van der Waals surface area contributed by atoms with Crippen molar-refractivity contribution in [1.29, 1.82) is 0 Å². The molecule has 1 aromatic rings. The SMILES string of the molecule is CS(=O)(=O)OCCC#CC1CCN(C(=O)c2ccc(Cl)cc2)CC1. The molecule has 7 heteroatoms. The van der Waals surface area contributed by atoms with E-state index in [-0.39, 0.29) is 18.4 Å². The molecule has 0 unspecified atom stereocenters. The van der Waals surface area contributed by atoms with Gasteiger partial charge in [-0.1, -0.05) is 17.5 Å². The first-order valence-electron chi connectivity index (χ1n) is 7.73. The van der Waals surface area contributed by atoms with Gasteiger partial charge in [0.2, 0.25) is 0 Å². The zero-order chi connectivity index (χ0) is 17.6. The molecule has 0 bridgehead atoms. The first-order chi connectivity index (χ1) is 11.3. The van der Waals surface area contributed by atoms with Crippen LogP contribution in [0.1, 0.15) is 29.6 Å². The van der Waals surface area contributed by atoms with E-state index in [0.29, 0.717) is 30.1 Å². The Bertz CT molecular complexity index is 726. The average Bonchev–Trinajstić information content (AvgIpc) is 2.54. The Morgan fingerprint density at radius 3 is 2.50 bits per heavy atom. The molecule has 1 aliphatic heterocycles. The van der Waals surface area contributed by atoms with E-state index in [2.05, 4.69) is 16.0 Å². The monoisotopic (exact) mass is 369 g/mol. The summed E-state index contributed by atoms with van der Waals surface area (Å²) >= 11 is 5.83. The molecule has 0 spiro atoms. The fourth-order valence-corrected chi connectivity index (χ4v) is 2.97. The highest BCUT2D eigenvalue weighted by Gasteiger charge is 2.22. The van der Waals surface area contributed by atoms with Crippen LogP contribution >= 0.6 is 11.6 Å². The fraction of sp³-hybridized carbons (Fsp3) is 0.471. The molecule has 0 saturated carbocycles. The van der Waals surface area contributed by atoms with Gasteiger partial charge in [0.15, 0.2) is 0 Å². The molecule has 1 aliphatic rings. The lowest BCUT2D eigenvalue weighted by Crippen LogP contribution is -2.38. The van der Waals surface area contributed by atoms with E-state index in [0.717, 1.165) is 19.1 Å². The Hall–Kier alpha value is -1.55. The van der Waals surface area contributed by atoms with Gasteiger partial charge in [-0.3, -0.25) is 8.98 Å². The molecule has 5 nitrogen and oxygen atoms in total. The second-order valence-corrected chi connectivity index (χ2v) is 7.75. The van der Waals surface area contributed by atoms with Crippen molar-refractivity contribution in [3.05, 3.63) is 34.9 Å². The molecular formula is C17H20ClNO4S. The van der Waals surface area contributed by atoms with Crippen molar-refractivity contribution in [3.8, 4) is 11.8 Å². The summed E-state index contributed by atoms with van der Waals surface area (Å²) in [4.78, 5) is 14.2. The van der Waals surface area contributed by atoms with Gasteiger partial charge < -0.3 is 4.90 Å². The Balaban J connectivity index is 1.77. The minimum Gasteiger partial charge on any atom is -0.339 e. The molecule has 0 N–H and O–H groups in total. The molecular weight excluding hydrogens is 350 g/mol. The molecule has 24 heavy (non-hydrogen) atoms. The van der Waals surface area contributed by atoms with Crippen LogP contribution in [-0.2, 0) is 14.3 Å². The summed E-state index contributed by atoms with van der Waals surface area (Å²) < 4.78 is 26.3. The van der Waals surface area contributed by atoms with E-state index in [1.54, 1.807) is 24.3 Å². The highest BCUT2D eigenvalue weighted by molar-refractivity contribution is 7.85. The molecule has 1 amide bonds. The van der Waals surface area contributed by atoms with E-state index in [4.69, 9.17) is 11.6 Å². The van der Waals surface area contributed by atoms with Crippen molar-refractivity contribution in [3.63, 3.8) is 0 Å². The predicted octanol–water partition coefficient (Wildman–Crippen LogP) is 2.56. The molecule has 0 radical (unpaired) electrons. The van der Waals surface area contributed by atoms with Crippen molar-refractivity contribution in [2.75, 3.05) is 26.0 Å². The summed E-state index contributed by atoms with van der Waals surface area (Å²) in [6.07, 6.45) is 3.05.